The third-order valence-corrected chi connectivity index (χ3v) is 1.07. The number of hydrogen-bond donors (Lipinski definition) is 0. The highest BCUT2D eigenvalue weighted by atomic mass is 19.4. The summed E-state index contributed by atoms with van der Waals surface area (Å²) in [6.45, 7) is 1.56. The number of hydrogen-bond acceptors (Lipinski definition) is 0. The molecule has 0 aromatic carbocycles. The van der Waals surface area contributed by atoms with Crippen molar-refractivity contribution in [1.82, 2.24) is 0 Å². The highest BCUT2D eigenvalue weighted by Gasteiger charge is 2.68. The molecule has 0 aliphatic carbocycles. The molecule has 8 heteroatoms. The van der Waals surface area contributed by atoms with Gasteiger partial charge in [-0.1, -0.05) is 0 Å². The quantitative estimate of drug-likeness (QED) is 0.621. The van der Waals surface area contributed by atoms with Crippen LogP contribution in [0.25, 0.3) is 0 Å². The normalized spacial score (nSPS) is 17.3. The zero-order valence-electron chi connectivity index (χ0n) is 5.81. The lowest BCUT2D eigenvalue weighted by atomic mass is 10.1. The van der Waals surface area contributed by atoms with Gasteiger partial charge in [-0.25, -0.2) is 13.2 Å². The van der Waals surface area contributed by atoms with Crippen LogP contribution in [0.4, 0.5) is 35.1 Å². The van der Waals surface area contributed by atoms with Crippen LogP contribution >= 0.6 is 0 Å². The highest BCUT2D eigenvalue weighted by molar-refractivity contribution is 4.94. The van der Waals surface area contributed by atoms with Gasteiger partial charge in [0.2, 0.25) is 6.17 Å². The van der Waals surface area contributed by atoms with Crippen molar-refractivity contribution in [1.29, 1.82) is 0 Å². The smallest absolute Gasteiger partial charge is 0.234 e. The standard InChI is InChI=1S/C5H3F8/c1-3(7,8)2(6)4(9,10)5(11,12)13/h2H,1H2. The van der Waals surface area contributed by atoms with E-state index in [0.29, 0.717) is 0 Å². The van der Waals surface area contributed by atoms with Crippen molar-refractivity contribution in [2.75, 3.05) is 0 Å². The fourth-order valence-electron chi connectivity index (χ4n) is 0.409. The van der Waals surface area contributed by atoms with Crippen molar-refractivity contribution in [2.45, 2.75) is 24.2 Å². The van der Waals surface area contributed by atoms with Gasteiger partial charge in [-0.05, 0) is 0 Å². The lowest BCUT2D eigenvalue weighted by Crippen LogP contribution is -2.52. The summed E-state index contributed by atoms with van der Waals surface area (Å²) in [4.78, 5) is 0. The third kappa shape index (κ3) is 2.44. The first-order valence-electron chi connectivity index (χ1n) is 2.72. The van der Waals surface area contributed by atoms with Gasteiger partial charge < -0.3 is 0 Å². The van der Waals surface area contributed by atoms with Crippen molar-refractivity contribution in [3.8, 4) is 0 Å². The van der Waals surface area contributed by atoms with Gasteiger partial charge in [0.05, 0.1) is 0 Å². The van der Waals surface area contributed by atoms with E-state index in [1.54, 1.807) is 6.92 Å². The summed E-state index contributed by atoms with van der Waals surface area (Å²) in [5.74, 6) is -11.1. The molecule has 0 heterocycles. The second-order valence-electron chi connectivity index (χ2n) is 2.24. The minimum atomic E-state index is -6.35. The first-order valence-corrected chi connectivity index (χ1v) is 2.72. The topological polar surface area (TPSA) is 0 Å². The molecule has 0 rings (SSSR count). The minimum Gasteiger partial charge on any atom is -0.234 e. The maximum atomic E-state index is 11.9. The Balaban J connectivity index is 4.86. The van der Waals surface area contributed by atoms with Crippen molar-refractivity contribution in [2.24, 2.45) is 0 Å². The molecule has 0 aromatic rings. The molecule has 0 aliphatic rings. The van der Waals surface area contributed by atoms with Crippen molar-refractivity contribution in [3.05, 3.63) is 6.92 Å². The molecule has 0 amide bonds. The van der Waals surface area contributed by atoms with Gasteiger partial charge in [-0.3, -0.25) is 0 Å². The monoisotopic (exact) mass is 215 g/mol. The zero-order chi connectivity index (χ0) is 11.1. The van der Waals surface area contributed by atoms with E-state index in [9.17, 15) is 35.1 Å². The Hall–Kier alpha value is -0.560. The second-order valence-corrected chi connectivity index (χ2v) is 2.24. The maximum absolute atomic E-state index is 11.9. The van der Waals surface area contributed by atoms with E-state index in [2.05, 4.69) is 0 Å². The van der Waals surface area contributed by atoms with E-state index >= 15 is 0 Å². The summed E-state index contributed by atoms with van der Waals surface area (Å²) in [7, 11) is 0. The molecule has 1 unspecified atom stereocenters. The van der Waals surface area contributed by atoms with Crippen molar-refractivity contribution < 1.29 is 35.1 Å². The molecule has 13 heavy (non-hydrogen) atoms. The second kappa shape index (κ2) is 2.98. The summed E-state index contributed by atoms with van der Waals surface area (Å²) >= 11 is 0. The Bertz CT molecular complexity index is 174. The van der Waals surface area contributed by atoms with E-state index < -0.39 is 24.2 Å². The number of rotatable bonds is 2. The van der Waals surface area contributed by atoms with Crippen LogP contribution in [0.5, 0.6) is 0 Å². The van der Waals surface area contributed by atoms with Crippen LogP contribution in [0.3, 0.4) is 0 Å². The fraction of sp³-hybridized carbons (Fsp3) is 0.800. The summed E-state index contributed by atoms with van der Waals surface area (Å²) in [6, 6.07) is 0. The Morgan fingerprint density at radius 2 is 1.15 bits per heavy atom. The van der Waals surface area contributed by atoms with Crippen LogP contribution in [0.1, 0.15) is 0 Å². The van der Waals surface area contributed by atoms with Crippen molar-refractivity contribution >= 4 is 0 Å². The van der Waals surface area contributed by atoms with Gasteiger partial charge in [0.25, 0.3) is 5.92 Å². The molecule has 1 radical (unpaired) electrons. The molecule has 0 spiro atoms. The van der Waals surface area contributed by atoms with Gasteiger partial charge >= 0.3 is 12.1 Å². The summed E-state index contributed by atoms with van der Waals surface area (Å²) in [5.41, 5.74) is 0. The van der Waals surface area contributed by atoms with E-state index in [0.717, 1.165) is 0 Å². The van der Waals surface area contributed by atoms with E-state index in [-0.39, 0.29) is 0 Å². The Labute approximate surface area is 67.5 Å². The van der Waals surface area contributed by atoms with Gasteiger partial charge in [0.1, 0.15) is 0 Å². The van der Waals surface area contributed by atoms with Crippen LogP contribution in [0.2, 0.25) is 0 Å². The van der Waals surface area contributed by atoms with Crippen molar-refractivity contribution in [3.63, 3.8) is 0 Å². The average molecular weight is 215 g/mol. The van der Waals surface area contributed by atoms with E-state index in [1.165, 1.54) is 0 Å². The summed E-state index contributed by atoms with van der Waals surface area (Å²) in [5, 5.41) is 0. The molecule has 0 saturated heterocycles. The van der Waals surface area contributed by atoms with Crippen LogP contribution in [0.15, 0.2) is 0 Å². The maximum Gasteiger partial charge on any atom is 0.456 e. The molecule has 1 atom stereocenters. The SMILES string of the molecule is [CH2]C(F)(F)C(F)C(F)(F)C(F)(F)F. The van der Waals surface area contributed by atoms with Gasteiger partial charge in [-0.15, -0.1) is 0 Å². The number of halogens is 8. The Morgan fingerprint density at radius 3 is 1.23 bits per heavy atom. The van der Waals surface area contributed by atoms with Gasteiger partial charge in [0.15, 0.2) is 0 Å². The Morgan fingerprint density at radius 1 is 0.846 bits per heavy atom. The zero-order valence-corrected chi connectivity index (χ0v) is 5.81. The summed E-state index contributed by atoms with van der Waals surface area (Å²) in [6.07, 6.45) is -11.0. The van der Waals surface area contributed by atoms with E-state index in [1.807, 2.05) is 0 Å². The van der Waals surface area contributed by atoms with Gasteiger partial charge in [-0.2, -0.15) is 22.0 Å². The number of alkyl halides is 8. The first kappa shape index (κ1) is 12.4. The summed E-state index contributed by atoms with van der Waals surface area (Å²) < 4.78 is 92.6. The molecule has 0 aliphatic heterocycles. The predicted octanol–water partition coefficient (Wildman–Crippen LogP) is 2.99. The lowest BCUT2D eigenvalue weighted by molar-refractivity contribution is -0.322. The van der Waals surface area contributed by atoms with Crippen LogP contribution in [-0.2, 0) is 0 Å². The average Bonchev–Trinajstić information content (AvgIpc) is 1.81. The first-order chi connectivity index (χ1) is 5.40. The Kier molecular flexibility index (Phi) is 2.86. The third-order valence-electron chi connectivity index (χ3n) is 1.07. The fourth-order valence-corrected chi connectivity index (χ4v) is 0.409. The molecular weight excluding hydrogens is 212 g/mol. The molecule has 0 nitrogen and oxygen atoms in total. The highest BCUT2D eigenvalue weighted by Crippen LogP contribution is 2.44. The lowest BCUT2D eigenvalue weighted by Gasteiger charge is -2.26. The van der Waals surface area contributed by atoms with Crippen LogP contribution in [-0.4, -0.2) is 24.2 Å². The molecule has 79 valence electrons. The van der Waals surface area contributed by atoms with E-state index in [4.69, 9.17) is 0 Å². The molecule has 0 fully saturated rings. The molecule has 0 bridgehead atoms. The molecular formula is C5H3F8. The van der Waals surface area contributed by atoms with Crippen LogP contribution in [0, 0.1) is 6.92 Å². The molecule has 0 N–H and O–H groups in total. The van der Waals surface area contributed by atoms with Gasteiger partial charge in [0, 0.05) is 6.92 Å². The molecule has 0 aromatic heterocycles. The predicted molar refractivity (Wildman–Crippen MR) is 26.2 cm³/mol. The largest absolute Gasteiger partial charge is 0.456 e. The minimum absolute atomic E-state index is 1.56. The van der Waals surface area contributed by atoms with Crippen LogP contribution < -0.4 is 0 Å². The molecule has 0 saturated carbocycles.